The molecule has 0 unspecified atom stereocenters. The van der Waals surface area contributed by atoms with Crippen molar-refractivity contribution in [3.63, 3.8) is 0 Å². The lowest BCUT2D eigenvalue weighted by atomic mass is 9.93. The van der Waals surface area contributed by atoms with E-state index in [1.165, 1.54) is 34.1 Å². The number of aryl methyl sites for hydroxylation is 1. The zero-order valence-corrected chi connectivity index (χ0v) is 20.3. The van der Waals surface area contributed by atoms with Crippen molar-refractivity contribution in [2.45, 2.75) is 39.4 Å². The summed E-state index contributed by atoms with van der Waals surface area (Å²) in [5, 5.41) is 10.6. The first-order valence-corrected chi connectivity index (χ1v) is 12.2. The summed E-state index contributed by atoms with van der Waals surface area (Å²) in [5.41, 5.74) is 5.53. The van der Waals surface area contributed by atoms with Crippen LogP contribution in [0.3, 0.4) is 0 Å². The molecule has 0 radical (unpaired) electrons. The Labute approximate surface area is 200 Å². The third-order valence-electron chi connectivity index (χ3n) is 8.96. The Balaban J connectivity index is 1.38. The van der Waals surface area contributed by atoms with Crippen LogP contribution in [0.15, 0.2) is 42.6 Å². The van der Waals surface area contributed by atoms with Gasteiger partial charge in [-0.15, -0.1) is 0 Å². The first-order chi connectivity index (χ1) is 16.3. The second-order valence-corrected chi connectivity index (χ2v) is 11.0. The van der Waals surface area contributed by atoms with Crippen molar-refractivity contribution in [3.05, 3.63) is 64.8 Å². The summed E-state index contributed by atoms with van der Waals surface area (Å²) in [6, 6.07) is 12.6. The number of carboxylic acids is 1. The summed E-state index contributed by atoms with van der Waals surface area (Å²) in [6.45, 7) is 10.9. The minimum Gasteiger partial charge on any atom is -0.496 e. The van der Waals surface area contributed by atoms with Crippen molar-refractivity contribution in [3.8, 4) is 5.75 Å². The Morgan fingerprint density at radius 1 is 1.18 bits per heavy atom. The normalized spacial score (nSPS) is 28.0. The number of aromatic nitrogens is 1. The molecule has 0 bridgehead atoms. The van der Waals surface area contributed by atoms with Gasteiger partial charge in [0.05, 0.1) is 12.7 Å². The van der Waals surface area contributed by atoms with Crippen molar-refractivity contribution >= 4 is 16.9 Å². The Morgan fingerprint density at radius 2 is 1.94 bits per heavy atom. The van der Waals surface area contributed by atoms with E-state index >= 15 is 0 Å². The van der Waals surface area contributed by atoms with Crippen LogP contribution in [0.1, 0.15) is 46.9 Å². The van der Waals surface area contributed by atoms with Gasteiger partial charge in [-0.1, -0.05) is 26.0 Å². The van der Waals surface area contributed by atoms with Crippen LogP contribution in [0.2, 0.25) is 0 Å². The molecule has 1 aromatic heterocycles. The number of aromatic amines is 1. The van der Waals surface area contributed by atoms with Crippen molar-refractivity contribution in [2.24, 2.45) is 17.3 Å². The van der Waals surface area contributed by atoms with E-state index in [9.17, 15) is 9.90 Å². The molecule has 2 aliphatic heterocycles. The molecule has 6 heteroatoms. The number of nitrogens with zero attached hydrogens (tertiary/aromatic N) is 2. The number of rotatable bonds is 5. The van der Waals surface area contributed by atoms with Crippen molar-refractivity contribution in [1.82, 2.24) is 14.8 Å². The van der Waals surface area contributed by atoms with Gasteiger partial charge in [0.2, 0.25) is 0 Å². The van der Waals surface area contributed by atoms with Gasteiger partial charge in [0, 0.05) is 60.9 Å². The average molecular weight is 460 g/mol. The van der Waals surface area contributed by atoms with Gasteiger partial charge in [0.15, 0.2) is 0 Å². The van der Waals surface area contributed by atoms with E-state index in [0.717, 1.165) is 37.2 Å². The molecule has 6 nitrogen and oxygen atoms in total. The number of piperidine rings is 1. The zero-order chi connectivity index (χ0) is 23.8. The largest absolute Gasteiger partial charge is 0.496 e. The monoisotopic (exact) mass is 459 g/mol. The fourth-order valence-corrected chi connectivity index (χ4v) is 6.98. The molecule has 3 fully saturated rings. The van der Waals surface area contributed by atoms with E-state index in [0.29, 0.717) is 17.0 Å². The Kier molecular flexibility index (Phi) is 4.84. The summed E-state index contributed by atoms with van der Waals surface area (Å²) in [6.07, 6.45) is 2.01. The number of carboxylic acid groups (broad SMARTS) is 1. The van der Waals surface area contributed by atoms with E-state index in [4.69, 9.17) is 4.74 Å². The zero-order valence-electron chi connectivity index (χ0n) is 20.3. The molecule has 34 heavy (non-hydrogen) atoms. The second kappa shape index (κ2) is 7.59. The van der Waals surface area contributed by atoms with Gasteiger partial charge < -0.3 is 14.8 Å². The fourth-order valence-electron chi connectivity index (χ4n) is 6.98. The van der Waals surface area contributed by atoms with E-state index in [-0.39, 0.29) is 6.04 Å². The van der Waals surface area contributed by atoms with E-state index in [1.807, 2.05) is 18.3 Å². The molecule has 6 rings (SSSR count). The summed E-state index contributed by atoms with van der Waals surface area (Å²) >= 11 is 0. The van der Waals surface area contributed by atoms with Gasteiger partial charge >= 0.3 is 5.97 Å². The Bertz CT molecular complexity index is 1260. The second-order valence-electron chi connectivity index (χ2n) is 11.0. The van der Waals surface area contributed by atoms with E-state index < -0.39 is 5.97 Å². The van der Waals surface area contributed by atoms with Crippen LogP contribution in [0.4, 0.5) is 0 Å². The molecule has 4 atom stereocenters. The highest BCUT2D eigenvalue weighted by Crippen LogP contribution is 2.65. The van der Waals surface area contributed by atoms with E-state index in [1.54, 1.807) is 19.2 Å². The maximum absolute atomic E-state index is 11.4. The number of benzene rings is 2. The summed E-state index contributed by atoms with van der Waals surface area (Å²) in [4.78, 5) is 20.1. The van der Waals surface area contributed by atoms with Crippen LogP contribution in [0.5, 0.6) is 5.75 Å². The first kappa shape index (κ1) is 21.7. The van der Waals surface area contributed by atoms with Crippen LogP contribution in [-0.4, -0.2) is 58.6 Å². The van der Waals surface area contributed by atoms with Crippen molar-refractivity contribution in [2.75, 3.05) is 26.7 Å². The number of hydrogen-bond acceptors (Lipinski definition) is 4. The third kappa shape index (κ3) is 3.19. The predicted octanol–water partition coefficient (Wildman–Crippen LogP) is 4.70. The molecule has 2 N–H and O–H groups in total. The smallest absolute Gasteiger partial charge is 0.335 e. The third-order valence-corrected chi connectivity index (χ3v) is 8.96. The standard InChI is InChI=1S/C28H33N3O3/c1-16-11-24(34-4)20(19-9-10-29-26(16)19)12-30-15-23-25-21(28(25,2)3)13-31(23)14-22(30)17-5-7-18(8-6-17)27(32)33/h5-11,21-23,25,29H,12-15H2,1-4H3,(H,32,33)/t21-,22+,23+,25-/m0/s1. The lowest BCUT2D eigenvalue weighted by Crippen LogP contribution is -2.54. The van der Waals surface area contributed by atoms with Gasteiger partial charge in [-0.2, -0.15) is 0 Å². The van der Waals surface area contributed by atoms with Crippen molar-refractivity contribution in [1.29, 1.82) is 0 Å². The molecule has 3 aromatic rings. The maximum Gasteiger partial charge on any atom is 0.335 e. The molecule has 3 heterocycles. The minimum absolute atomic E-state index is 0.208. The number of H-pyrrole nitrogens is 1. The van der Waals surface area contributed by atoms with Crippen LogP contribution in [0.25, 0.3) is 10.9 Å². The molecule has 178 valence electrons. The number of aromatic carboxylic acids is 1. The van der Waals surface area contributed by atoms with Crippen LogP contribution >= 0.6 is 0 Å². The minimum atomic E-state index is -0.881. The molecule has 3 aliphatic rings. The highest BCUT2D eigenvalue weighted by Gasteiger charge is 2.67. The maximum atomic E-state index is 11.4. The van der Waals surface area contributed by atoms with E-state index in [2.05, 4.69) is 47.7 Å². The number of ether oxygens (including phenoxy) is 1. The highest BCUT2D eigenvalue weighted by molar-refractivity contribution is 5.88. The van der Waals surface area contributed by atoms with Crippen molar-refractivity contribution < 1.29 is 14.6 Å². The quantitative estimate of drug-likeness (QED) is 0.579. The molecule has 2 aromatic carbocycles. The number of fused-ring (bicyclic) bond motifs is 4. The van der Waals surface area contributed by atoms with Gasteiger partial charge in [-0.25, -0.2) is 4.79 Å². The van der Waals surface area contributed by atoms with Crippen LogP contribution in [-0.2, 0) is 6.54 Å². The lowest BCUT2D eigenvalue weighted by Gasteiger charge is -2.46. The highest BCUT2D eigenvalue weighted by atomic mass is 16.5. The van der Waals surface area contributed by atoms with Gasteiger partial charge in [0.25, 0.3) is 0 Å². The molecule has 0 spiro atoms. The summed E-state index contributed by atoms with van der Waals surface area (Å²) < 4.78 is 5.86. The number of hydrogen-bond donors (Lipinski definition) is 2. The lowest BCUT2D eigenvalue weighted by molar-refractivity contribution is 0.0209. The summed E-state index contributed by atoms with van der Waals surface area (Å²) in [5.74, 6) is 1.60. The van der Waals surface area contributed by atoms with Gasteiger partial charge in [0.1, 0.15) is 5.75 Å². The Morgan fingerprint density at radius 3 is 2.65 bits per heavy atom. The number of methoxy groups -OCH3 is 1. The number of nitrogens with one attached hydrogen (secondary N) is 1. The topological polar surface area (TPSA) is 68.8 Å². The SMILES string of the molecule is COc1cc(C)c2[nH]ccc2c1CN1C[C@@H]2[C@@H]3[C@H](CN2C[C@@H]1c1ccc(C(=O)O)cc1)C3(C)C. The molecule has 0 amide bonds. The average Bonchev–Trinajstić information content (AvgIpc) is 3.22. The molecular weight excluding hydrogens is 426 g/mol. The van der Waals surface area contributed by atoms with Gasteiger partial charge in [-0.3, -0.25) is 9.80 Å². The molecule has 1 saturated carbocycles. The van der Waals surface area contributed by atoms with Crippen LogP contribution in [0, 0.1) is 24.2 Å². The molecular formula is C28H33N3O3. The molecule has 2 saturated heterocycles. The first-order valence-electron chi connectivity index (χ1n) is 12.2. The predicted molar refractivity (Wildman–Crippen MR) is 132 cm³/mol. The fraction of sp³-hybridized carbons (Fsp3) is 0.464. The Hall–Kier alpha value is -2.83. The number of carbonyl (C=O) groups is 1. The van der Waals surface area contributed by atoms with Crippen LogP contribution < -0.4 is 4.74 Å². The summed E-state index contributed by atoms with van der Waals surface area (Å²) in [7, 11) is 1.76. The van der Waals surface area contributed by atoms with Gasteiger partial charge in [-0.05, 0) is 59.6 Å². The number of piperazine rings is 1. The molecule has 1 aliphatic carbocycles.